The topological polar surface area (TPSA) is 6.48 Å². The Morgan fingerprint density at radius 3 is 1.07 bits per heavy atom. The number of benzene rings is 7. The normalized spacial score (nSPS) is 13.4. The molecule has 0 fully saturated rings. The Kier molecular flexibility index (Phi) is 18.2. The first-order valence-corrected chi connectivity index (χ1v) is 37.8. The van der Waals surface area contributed by atoms with Crippen molar-refractivity contribution in [1.29, 1.82) is 0 Å². The molecule has 5 heteroatoms. The molecule has 0 spiro atoms. The summed E-state index contributed by atoms with van der Waals surface area (Å²) in [4.78, 5) is 5.54. The molecule has 430 valence electrons. The third kappa shape index (κ3) is 13.1. The summed E-state index contributed by atoms with van der Waals surface area (Å²) < 4.78 is 0. The van der Waals surface area contributed by atoms with Crippen molar-refractivity contribution in [3.8, 4) is 0 Å². The van der Waals surface area contributed by atoms with Gasteiger partial charge in [0.25, 0.3) is 0 Å². The average Bonchev–Trinajstić information content (AvgIpc) is 3.48. The molecule has 0 amide bonds. The van der Waals surface area contributed by atoms with Crippen LogP contribution in [-0.2, 0) is 32.5 Å². The van der Waals surface area contributed by atoms with Crippen molar-refractivity contribution < 1.29 is 0 Å². The van der Waals surface area contributed by atoms with Gasteiger partial charge in [0.05, 0.1) is 37.8 Å². The van der Waals surface area contributed by atoms with E-state index in [0.29, 0.717) is 0 Å². The molecule has 0 unspecified atom stereocenters. The van der Waals surface area contributed by atoms with E-state index < -0.39 is 26.4 Å². The highest BCUT2D eigenvalue weighted by Gasteiger charge is 2.35. The molecule has 0 N–H and O–H groups in total. The quantitative estimate of drug-likeness (QED) is 0.0573. The van der Waals surface area contributed by atoms with E-state index in [9.17, 15) is 0 Å². The summed E-state index contributed by atoms with van der Waals surface area (Å²) >= 11 is 0. The van der Waals surface area contributed by atoms with Gasteiger partial charge in [0, 0.05) is 44.3 Å². The second-order valence-electron chi connectivity index (χ2n) is 30.5. The number of nitrogens with zero attached hydrogens (tertiary/aromatic N) is 2. The first kappa shape index (κ1) is 62.9. The summed E-state index contributed by atoms with van der Waals surface area (Å²) in [6, 6.07) is 53.6. The van der Waals surface area contributed by atoms with Crippen LogP contribution in [-0.4, -0.2) is 26.4 Å². The monoisotopic (exact) mass is 1120 g/mol. The van der Waals surface area contributed by atoms with Gasteiger partial charge in [-0.3, -0.25) is 0 Å². The average molecular weight is 1120 g/mol. The molecular formula is C75H108N2Si3. The highest BCUT2D eigenvalue weighted by atomic mass is 28.3. The summed E-state index contributed by atoms with van der Waals surface area (Å²) in [5, 5.41) is 9.93. The van der Waals surface area contributed by atoms with Gasteiger partial charge in [0.2, 0.25) is 0 Å². The summed E-state index contributed by atoms with van der Waals surface area (Å²) in [7, 11) is -3.61. The van der Waals surface area contributed by atoms with Gasteiger partial charge in [0.1, 0.15) is 0 Å². The third-order valence-corrected chi connectivity index (χ3v) is 28.6. The highest BCUT2D eigenvalue weighted by molar-refractivity contribution is 6.91. The lowest BCUT2D eigenvalue weighted by molar-refractivity contribution is 0.568. The van der Waals surface area contributed by atoms with Crippen molar-refractivity contribution in [2.75, 3.05) is 9.80 Å². The zero-order chi connectivity index (χ0) is 59.5. The first-order valence-electron chi connectivity index (χ1n) is 31.3. The lowest BCUT2D eigenvalue weighted by Crippen LogP contribution is -2.46. The molecular weight excluding hydrogens is 1010 g/mol. The predicted octanol–water partition coefficient (Wildman–Crippen LogP) is 20.4. The Morgan fingerprint density at radius 1 is 0.375 bits per heavy atom. The van der Waals surface area contributed by atoms with E-state index in [2.05, 4.69) is 292 Å². The fraction of sp³-hybridized carbons (Fsp3) is 0.493. The second kappa shape index (κ2) is 23.2. The van der Waals surface area contributed by atoms with Crippen LogP contribution in [0.25, 0.3) is 21.5 Å². The van der Waals surface area contributed by atoms with Crippen LogP contribution in [0, 0.1) is 6.92 Å². The summed E-state index contributed by atoms with van der Waals surface area (Å²) in [5.74, 6) is 0. The molecule has 7 rings (SSSR count). The molecule has 0 aliphatic rings. The van der Waals surface area contributed by atoms with Crippen LogP contribution in [0.2, 0.25) is 36.3 Å². The number of hydrogen-bond donors (Lipinski definition) is 0. The fourth-order valence-corrected chi connectivity index (χ4v) is 20.1. The van der Waals surface area contributed by atoms with Crippen LogP contribution in [0.4, 0.5) is 34.1 Å². The minimum absolute atomic E-state index is 0.0737. The Labute approximate surface area is 494 Å². The molecule has 0 aliphatic heterocycles. The van der Waals surface area contributed by atoms with Crippen molar-refractivity contribution in [3.05, 3.63) is 148 Å². The maximum Gasteiger partial charge on any atom is 0.0860 e. The van der Waals surface area contributed by atoms with Crippen LogP contribution < -0.4 is 25.4 Å². The highest BCUT2D eigenvalue weighted by Crippen LogP contribution is 2.54. The molecule has 80 heavy (non-hydrogen) atoms. The Hall–Kier alpha value is -4.69. The Morgan fingerprint density at radius 2 is 0.738 bits per heavy atom. The van der Waals surface area contributed by atoms with E-state index in [1.807, 2.05) is 0 Å². The van der Waals surface area contributed by atoms with Gasteiger partial charge < -0.3 is 9.80 Å². The van der Waals surface area contributed by atoms with E-state index in [-0.39, 0.29) is 32.5 Å². The number of anilines is 6. The van der Waals surface area contributed by atoms with E-state index in [4.69, 9.17) is 0 Å². The van der Waals surface area contributed by atoms with Crippen molar-refractivity contribution in [3.63, 3.8) is 0 Å². The molecule has 7 aromatic carbocycles. The molecule has 0 aromatic heterocycles. The summed E-state index contributed by atoms with van der Waals surface area (Å²) in [6.45, 7) is 60.2. The standard InChI is InChI=1S/C75H108N2Si3/c1-26-78-61-46-60(47-62(49-61)79(27-2)28-3)77(59-42-55(74(20,21)22)39-56(43-59)75(23,24)25)69-65-35-33-51(70(8,9)10)44-66(65)68(64-34-32-52(45-67(64)69)71(11,12)13)76(57-36-50(7)37-63(48-57)80(29-4,30-5)31-6)58-40-53(72(14,15)16)38-54(41-58)73(17,18)19/h32-49,79H,26-31,78H2,1-25H3. The van der Waals surface area contributed by atoms with Crippen LogP contribution in [0.3, 0.4) is 0 Å². The number of fused-ring (bicyclic) bond motifs is 2. The zero-order valence-electron chi connectivity index (χ0n) is 55.3. The number of aryl methyl sites for hydroxylation is 1. The Balaban J connectivity index is 1.86. The molecule has 0 heterocycles. The largest absolute Gasteiger partial charge is 0.309 e. The first-order chi connectivity index (χ1) is 37.0. The van der Waals surface area contributed by atoms with E-state index in [1.54, 1.807) is 15.6 Å². The van der Waals surface area contributed by atoms with Gasteiger partial charge in [-0.15, -0.1) is 0 Å². The summed E-state index contributed by atoms with van der Waals surface area (Å²) in [5.41, 5.74) is 16.6. The lowest BCUT2D eigenvalue weighted by Gasteiger charge is -2.37. The maximum atomic E-state index is 2.78. The van der Waals surface area contributed by atoms with Crippen LogP contribution >= 0.6 is 0 Å². The smallest absolute Gasteiger partial charge is 0.0860 e. The van der Waals surface area contributed by atoms with E-state index in [1.165, 1.54) is 131 Å². The Bertz CT molecular complexity index is 3110. The summed E-state index contributed by atoms with van der Waals surface area (Å²) in [6.07, 6.45) is 0. The zero-order valence-corrected chi connectivity index (χ0v) is 58.9. The second-order valence-corrected chi connectivity index (χ2v) is 41.8. The van der Waals surface area contributed by atoms with Gasteiger partial charge >= 0.3 is 0 Å². The van der Waals surface area contributed by atoms with Crippen LogP contribution in [0.15, 0.2) is 109 Å². The van der Waals surface area contributed by atoms with Crippen LogP contribution in [0.5, 0.6) is 0 Å². The van der Waals surface area contributed by atoms with Crippen molar-refractivity contribution in [1.82, 2.24) is 0 Å². The molecule has 0 saturated heterocycles. The molecule has 0 aliphatic carbocycles. The lowest BCUT2D eigenvalue weighted by atomic mass is 9.79. The van der Waals surface area contributed by atoms with E-state index in [0.717, 1.165) is 0 Å². The van der Waals surface area contributed by atoms with Gasteiger partial charge in [-0.2, -0.15) is 0 Å². The van der Waals surface area contributed by atoms with Gasteiger partial charge in [-0.05, 0) is 139 Å². The van der Waals surface area contributed by atoms with Crippen molar-refractivity contribution in [2.24, 2.45) is 0 Å². The SMILES string of the molecule is CC[SiH2]c1cc(N(c2cc(C(C)(C)C)cc(C(C)(C)C)c2)c2c3ccc(C(C)(C)C)cc3c(N(c3cc(C(C)(C)C)cc(C(C)(C)C)c3)c3cc(C)cc([Si](CC)(CC)CC)c3)c3ccc(C(C)(C)C)cc23)cc([SiH](CC)CC)c1. The third-order valence-electron chi connectivity index (χ3n) is 18.3. The molecule has 0 bridgehead atoms. The fourth-order valence-electron chi connectivity index (χ4n) is 12.4. The van der Waals surface area contributed by atoms with Crippen LogP contribution in [0.1, 0.15) is 205 Å². The molecule has 0 radical (unpaired) electrons. The van der Waals surface area contributed by atoms with Crippen molar-refractivity contribution >= 4 is 97.6 Å². The molecule has 0 atom stereocenters. The maximum absolute atomic E-state index is 2.78. The number of hydrogen-bond acceptors (Lipinski definition) is 2. The minimum Gasteiger partial charge on any atom is -0.309 e. The minimum atomic E-state index is -1.85. The van der Waals surface area contributed by atoms with Gasteiger partial charge in [-0.1, -0.05) is 267 Å². The molecule has 2 nitrogen and oxygen atoms in total. The predicted molar refractivity (Wildman–Crippen MR) is 371 cm³/mol. The molecule has 0 saturated carbocycles. The van der Waals surface area contributed by atoms with Gasteiger partial charge in [0.15, 0.2) is 0 Å². The van der Waals surface area contributed by atoms with Crippen molar-refractivity contribution in [2.45, 2.75) is 242 Å². The van der Waals surface area contributed by atoms with Gasteiger partial charge in [-0.25, -0.2) is 0 Å². The molecule has 7 aromatic rings. The van der Waals surface area contributed by atoms with E-state index >= 15 is 0 Å². The number of rotatable bonds is 15.